The molecule has 6 heteroatoms. The predicted molar refractivity (Wildman–Crippen MR) is 86.3 cm³/mol. The topological polar surface area (TPSA) is 45.5 Å². The Morgan fingerprint density at radius 3 is 2.81 bits per heavy atom. The number of aliphatic imine (C=N–C) groups is 1. The zero-order valence-corrected chi connectivity index (χ0v) is 13.3. The molecule has 1 aromatic carbocycles. The van der Waals surface area contributed by atoms with Gasteiger partial charge in [-0.25, -0.2) is 0 Å². The Bertz CT molecular complexity index is 620. The van der Waals surface area contributed by atoms with Gasteiger partial charge < -0.3 is 10.2 Å². The van der Waals surface area contributed by atoms with Crippen molar-refractivity contribution in [2.24, 2.45) is 12.0 Å². The molecule has 1 heterocycles. The molecule has 0 saturated carbocycles. The van der Waals surface area contributed by atoms with Gasteiger partial charge in [0.15, 0.2) is 5.96 Å². The fraction of sp³-hybridized carbons (Fsp3) is 0.333. The van der Waals surface area contributed by atoms with Crippen LogP contribution in [-0.2, 0) is 20.1 Å². The molecule has 0 radical (unpaired) electrons. The summed E-state index contributed by atoms with van der Waals surface area (Å²) in [5, 5.41) is 8.24. The summed E-state index contributed by atoms with van der Waals surface area (Å²) in [5.41, 5.74) is 2.19. The average Bonchev–Trinajstić information content (AvgIpc) is 2.88. The van der Waals surface area contributed by atoms with E-state index >= 15 is 0 Å². The summed E-state index contributed by atoms with van der Waals surface area (Å²) in [4.78, 5) is 6.34. The van der Waals surface area contributed by atoms with Crippen LogP contribution in [0.2, 0.25) is 5.02 Å². The number of halogens is 1. The molecule has 2 rings (SSSR count). The van der Waals surface area contributed by atoms with Gasteiger partial charge in [-0.05, 0) is 11.6 Å². The van der Waals surface area contributed by atoms with Crippen molar-refractivity contribution in [2.75, 3.05) is 14.1 Å². The molecule has 0 amide bonds. The van der Waals surface area contributed by atoms with Gasteiger partial charge in [0.05, 0.1) is 6.20 Å². The van der Waals surface area contributed by atoms with E-state index in [0.717, 1.165) is 22.1 Å². The second-order valence-electron chi connectivity index (χ2n) is 4.87. The van der Waals surface area contributed by atoms with E-state index in [4.69, 9.17) is 11.6 Å². The van der Waals surface area contributed by atoms with Gasteiger partial charge >= 0.3 is 0 Å². The molecule has 0 fully saturated rings. The first-order valence-electron chi connectivity index (χ1n) is 6.73. The molecule has 21 heavy (non-hydrogen) atoms. The summed E-state index contributed by atoms with van der Waals surface area (Å²) < 4.78 is 1.78. The van der Waals surface area contributed by atoms with Gasteiger partial charge in [0.2, 0.25) is 0 Å². The molecule has 2 aromatic rings. The van der Waals surface area contributed by atoms with Crippen molar-refractivity contribution in [3.63, 3.8) is 0 Å². The quantitative estimate of drug-likeness (QED) is 0.696. The lowest BCUT2D eigenvalue weighted by molar-refractivity contribution is 0.476. The Morgan fingerprint density at radius 1 is 1.43 bits per heavy atom. The van der Waals surface area contributed by atoms with E-state index in [2.05, 4.69) is 15.4 Å². The van der Waals surface area contributed by atoms with Crippen molar-refractivity contribution in [1.82, 2.24) is 20.0 Å². The van der Waals surface area contributed by atoms with E-state index in [1.807, 2.05) is 55.7 Å². The van der Waals surface area contributed by atoms with Gasteiger partial charge in [-0.15, -0.1) is 0 Å². The highest BCUT2D eigenvalue weighted by molar-refractivity contribution is 6.31. The second-order valence-corrected chi connectivity index (χ2v) is 5.28. The third-order valence-electron chi connectivity index (χ3n) is 3.15. The van der Waals surface area contributed by atoms with Gasteiger partial charge in [0.25, 0.3) is 0 Å². The van der Waals surface area contributed by atoms with Crippen molar-refractivity contribution in [3.05, 3.63) is 52.8 Å². The fourth-order valence-electron chi connectivity index (χ4n) is 2.09. The van der Waals surface area contributed by atoms with Gasteiger partial charge in [0.1, 0.15) is 0 Å². The Labute approximate surface area is 130 Å². The highest BCUT2D eigenvalue weighted by Crippen LogP contribution is 2.16. The summed E-state index contributed by atoms with van der Waals surface area (Å²) in [6.07, 6.45) is 3.82. The molecule has 1 aromatic heterocycles. The summed E-state index contributed by atoms with van der Waals surface area (Å²) in [7, 11) is 5.67. The third-order valence-corrected chi connectivity index (χ3v) is 3.52. The standard InChI is InChI=1S/C15H20ClN5/c1-17-15(18-8-12-9-19-21(3)10-12)20(2)11-13-6-4-5-7-14(13)16/h4-7,9-10H,8,11H2,1-3H3,(H,17,18). The van der Waals surface area contributed by atoms with E-state index in [-0.39, 0.29) is 0 Å². The van der Waals surface area contributed by atoms with Crippen LogP contribution < -0.4 is 5.32 Å². The number of benzene rings is 1. The third kappa shape index (κ3) is 4.23. The summed E-state index contributed by atoms with van der Waals surface area (Å²) in [6, 6.07) is 7.84. The fourth-order valence-corrected chi connectivity index (χ4v) is 2.28. The van der Waals surface area contributed by atoms with Crippen molar-refractivity contribution < 1.29 is 0 Å². The van der Waals surface area contributed by atoms with Crippen LogP contribution in [0, 0.1) is 0 Å². The number of aryl methyl sites for hydroxylation is 1. The minimum Gasteiger partial charge on any atom is -0.352 e. The van der Waals surface area contributed by atoms with Crippen LogP contribution in [0.5, 0.6) is 0 Å². The lowest BCUT2D eigenvalue weighted by atomic mass is 10.2. The zero-order valence-electron chi connectivity index (χ0n) is 12.5. The molecule has 0 aliphatic rings. The molecule has 0 spiro atoms. The lowest BCUT2D eigenvalue weighted by Gasteiger charge is -2.22. The van der Waals surface area contributed by atoms with Crippen molar-refractivity contribution in [1.29, 1.82) is 0 Å². The number of guanidine groups is 1. The number of rotatable bonds is 4. The van der Waals surface area contributed by atoms with Crippen LogP contribution in [-0.4, -0.2) is 34.7 Å². The number of nitrogens with one attached hydrogen (secondary N) is 1. The number of aromatic nitrogens is 2. The Kier molecular flexibility index (Phi) is 5.22. The summed E-state index contributed by atoms with van der Waals surface area (Å²) in [6.45, 7) is 1.39. The first-order chi connectivity index (χ1) is 10.1. The van der Waals surface area contributed by atoms with Gasteiger partial charge in [-0.2, -0.15) is 5.10 Å². The average molecular weight is 306 g/mol. The minimum atomic E-state index is 0.688. The molecule has 0 aliphatic carbocycles. The number of hydrogen-bond acceptors (Lipinski definition) is 2. The highest BCUT2D eigenvalue weighted by atomic mass is 35.5. The molecule has 1 N–H and O–H groups in total. The van der Waals surface area contributed by atoms with E-state index in [1.165, 1.54) is 0 Å². The van der Waals surface area contributed by atoms with E-state index in [9.17, 15) is 0 Å². The maximum Gasteiger partial charge on any atom is 0.193 e. The molecular weight excluding hydrogens is 286 g/mol. The number of nitrogens with zero attached hydrogens (tertiary/aromatic N) is 4. The normalized spacial score (nSPS) is 11.5. The van der Waals surface area contributed by atoms with Crippen molar-refractivity contribution in [3.8, 4) is 0 Å². The first kappa shape index (κ1) is 15.4. The molecule has 5 nitrogen and oxygen atoms in total. The smallest absolute Gasteiger partial charge is 0.193 e. The SMILES string of the molecule is CN=C(NCc1cnn(C)c1)N(C)Cc1ccccc1Cl. The Hall–Kier alpha value is -2.01. The molecule has 0 atom stereocenters. The van der Waals surface area contributed by atoms with Gasteiger partial charge in [-0.3, -0.25) is 9.67 Å². The zero-order chi connectivity index (χ0) is 15.2. The molecule has 0 unspecified atom stereocenters. The number of hydrogen-bond donors (Lipinski definition) is 1. The largest absolute Gasteiger partial charge is 0.352 e. The van der Waals surface area contributed by atoms with E-state index < -0.39 is 0 Å². The first-order valence-corrected chi connectivity index (χ1v) is 7.10. The van der Waals surface area contributed by atoms with Crippen LogP contribution >= 0.6 is 11.6 Å². The maximum atomic E-state index is 6.19. The highest BCUT2D eigenvalue weighted by Gasteiger charge is 2.08. The Balaban J connectivity index is 1.96. The monoisotopic (exact) mass is 305 g/mol. The second kappa shape index (κ2) is 7.13. The lowest BCUT2D eigenvalue weighted by Crippen LogP contribution is -2.38. The minimum absolute atomic E-state index is 0.688. The molecule has 112 valence electrons. The predicted octanol–water partition coefficient (Wildman–Crippen LogP) is 2.28. The molecular formula is C15H20ClN5. The van der Waals surface area contributed by atoms with Crippen molar-refractivity contribution in [2.45, 2.75) is 13.1 Å². The summed E-state index contributed by atoms with van der Waals surface area (Å²) in [5.74, 6) is 0.818. The van der Waals surface area contributed by atoms with Crippen LogP contribution in [0.15, 0.2) is 41.7 Å². The van der Waals surface area contributed by atoms with Crippen LogP contribution in [0.25, 0.3) is 0 Å². The van der Waals surface area contributed by atoms with Gasteiger partial charge in [-0.1, -0.05) is 29.8 Å². The molecule has 0 saturated heterocycles. The van der Waals surface area contributed by atoms with Crippen molar-refractivity contribution >= 4 is 17.6 Å². The molecule has 0 bridgehead atoms. The van der Waals surface area contributed by atoms with Crippen LogP contribution in [0.3, 0.4) is 0 Å². The maximum absolute atomic E-state index is 6.19. The van der Waals surface area contributed by atoms with E-state index in [0.29, 0.717) is 13.1 Å². The molecule has 0 aliphatic heterocycles. The van der Waals surface area contributed by atoms with Crippen LogP contribution in [0.4, 0.5) is 0 Å². The summed E-state index contributed by atoms with van der Waals surface area (Å²) >= 11 is 6.19. The van der Waals surface area contributed by atoms with Crippen LogP contribution in [0.1, 0.15) is 11.1 Å². The van der Waals surface area contributed by atoms with Gasteiger partial charge in [0, 0.05) is 51.0 Å². The Morgan fingerprint density at radius 2 is 2.19 bits per heavy atom. The van der Waals surface area contributed by atoms with E-state index in [1.54, 1.807) is 11.7 Å².